The summed E-state index contributed by atoms with van der Waals surface area (Å²) < 4.78 is 1.25. The van der Waals surface area contributed by atoms with Crippen LogP contribution in [0, 0.1) is 0 Å². The average Bonchev–Trinajstić information content (AvgIpc) is 2.72. The van der Waals surface area contributed by atoms with Gasteiger partial charge in [0.2, 0.25) is 0 Å². The molecule has 2 aliphatic rings. The summed E-state index contributed by atoms with van der Waals surface area (Å²) in [7, 11) is 0. The zero-order valence-corrected chi connectivity index (χ0v) is 10.9. The Morgan fingerprint density at radius 3 is 2.81 bits per heavy atom. The van der Waals surface area contributed by atoms with E-state index >= 15 is 0 Å². The molecule has 2 N–H and O–H groups in total. The number of nitrogens with one attached hydrogen (secondary N) is 1. The average molecular weight is 291 g/mol. The molecule has 16 heavy (non-hydrogen) atoms. The number of hydrogen-bond acceptors (Lipinski definition) is 6. The molecule has 8 heteroatoms. The molecular formula is C8H5NO3S4. The van der Waals surface area contributed by atoms with Crippen molar-refractivity contribution in [1.29, 1.82) is 0 Å². The maximum absolute atomic E-state index is 11.5. The van der Waals surface area contributed by atoms with Gasteiger partial charge < -0.3 is 10.4 Å². The van der Waals surface area contributed by atoms with Crippen molar-refractivity contribution in [1.82, 2.24) is 5.32 Å². The first kappa shape index (κ1) is 12.0. The molecule has 0 atom stereocenters. The van der Waals surface area contributed by atoms with Crippen molar-refractivity contribution in [2.45, 2.75) is 6.42 Å². The number of carbonyl (C=O) groups is 2. The monoisotopic (exact) mass is 291 g/mol. The molecule has 0 saturated carbocycles. The molecule has 1 amide bonds. The predicted molar refractivity (Wildman–Crippen MR) is 70.9 cm³/mol. The number of amides is 1. The highest BCUT2D eigenvalue weighted by Crippen LogP contribution is 2.49. The van der Waals surface area contributed by atoms with Crippen LogP contribution in [-0.4, -0.2) is 21.3 Å². The molecule has 84 valence electrons. The van der Waals surface area contributed by atoms with Crippen LogP contribution in [0.3, 0.4) is 0 Å². The topological polar surface area (TPSA) is 66.4 Å². The van der Waals surface area contributed by atoms with Gasteiger partial charge in [-0.05, 0) is 5.41 Å². The second-order valence-corrected chi connectivity index (χ2v) is 6.80. The summed E-state index contributed by atoms with van der Waals surface area (Å²) in [6, 6.07) is 0. The highest BCUT2D eigenvalue weighted by Gasteiger charge is 2.29. The Bertz CT molecular complexity index is 454. The highest BCUT2D eigenvalue weighted by atomic mass is 32.2. The number of thiocarbonyl (C=S) groups is 1. The molecule has 2 aliphatic heterocycles. The molecule has 0 unspecified atom stereocenters. The predicted octanol–water partition coefficient (Wildman–Crippen LogP) is 2.10. The summed E-state index contributed by atoms with van der Waals surface area (Å²) in [6.45, 7) is 0. The van der Waals surface area contributed by atoms with Gasteiger partial charge in [-0.2, -0.15) is 0 Å². The van der Waals surface area contributed by atoms with Gasteiger partial charge in [0.1, 0.15) is 9.23 Å². The molecule has 0 spiro atoms. The lowest BCUT2D eigenvalue weighted by Crippen LogP contribution is -2.17. The Morgan fingerprint density at radius 2 is 2.25 bits per heavy atom. The number of hydrogen-bond donors (Lipinski definition) is 2. The zero-order valence-electron chi connectivity index (χ0n) is 7.68. The Kier molecular flexibility index (Phi) is 3.63. The van der Waals surface area contributed by atoms with Crippen molar-refractivity contribution in [2.24, 2.45) is 0 Å². The van der Waals surface area contributed by atoms with E-state index < -0.39 is 5.97 Å². The second-order valence-electron chi connectivity index (χ2n) is 2.83. The lowest BCUT2D eigenvalue weighted by molar-refractivity contribution is -0.136. The van der Waals surface area contributed by atoms with Crippen molar-refractivity contribution < 1.29 is 14.7 Å². The molecule has 1 fully saturated rings. The Labute approximate surface area is 109 Å². The summed E-state index contributed by atoms with van der Waals surface area (Å²) in [5.74, 6) is -1.07. The van der Waals surface area contributed by atoms with E-state index in [1.54, 1.807) is 5.41 Å². The van der Waals surface area contributed by atoms with Crippen LogP contribution in [0.2, 0.25) is 0 Å². The summed E-state index contributed by atoms with van der Waals surface area (Å²) in [5.41, 5.74) is 0. The Hall–Kier alpha value is -0.440. The van der Waals surface area contributed by atoms with Crippen LogP contribution in [0.1, 0.15) is 6.42 Å². The maximum Gasteiger partial charge on any atom is 0.308 e. The van der Waals surface area contributed by atoms with Crippen molar-refractivity contribution in [3.8, 4) is 0 Å². The molecule has 4 nitrogen and oxygen atoms in total. The van der Waals surface area contributed by atoms with Crippen LogP contribution in [0.15, 0.2) is 19.5 Å². The first-order valence-electron chi connectivity index (χ1n) is 4.09. The highest BCUT2D eigenvalue weighted by molar-refractivity contribution is 8.31. The fourth-order valence-corrected chi connectivity index (χ4v) is 4.62. The van der Waals surface area contributed by atoms with Gasteiger partial charge in [0, 0.05) is 4.91 Å². The van der Waals surface area contributed by atoms with Crippen molar-refractivity contribution in [2.75, 3.05) is 0 Å². The Morgan fingerprint density at radius 1 is 1.50 bits per heavy atom. The van der Waals surface area contributed by atoms with E-state index in [0.29, 0.717) is 9.23 Å². The van der Waals surface area contributed by atoms with Gasteiger partial charge >= 0.3 is 5.97 Å². The van der Waals surface area contributed by atoms with Gasteiger partial charge in [0.05, 0.1) is 10.7 Å². The molecule has 0 radical (unpaired) electrons. The van der Waals surface area contributed by atoms with Crippen LogP contribution in [-0.2, 0) is 9.59 Å². The number of carboxylic acids is 1. The molecule has 0 bridgehead atoms. The molecule has 2 rings (SSSR count). The minimum absolute atomic E-state index is 0.00875. The number of aliphatic carboxylic acids is 1. The van der Waals surface area contributed by atoms with E-state index in [-0.39, 0.29) is 12.3 Å². The molecule has 0 aromatic rings. The van der Waals surface area contributed by atoms with Gasteiger partial charge in [-0.15, -0.1) is 0 Å². The van der Waals surface area contributed by atoms with Gasteiger partial charge in [0.25, 0.3) is 5.91 Å². The minimum atomic E-state index is -0.871. The molecule has 0 aliphatic carbocycles. The first-order valence-corrected chi connectivity index (χ1v) is 7.01. The van der Waals surface area contributed by atoms with Crippen molar-refractivity contribution in [3.63, 3.8) is 0 Å². The summed E-state index contributed by atoms with van der Waals surface area (Å²) in [6.07, 6.45) is -0.00875. The lowest BCUT2D eigenvalue weighted by Gasteiger charge is -1.98. The van der Waals surface area contributed by atoms with Crippen LogP contribution < -0.4 is 5.32 Å². The third-order valence-electron chi connectivity index (χ3n) is 1.65. The summed E-state index contributed by atoms with van der Waals surface area (Å²) in [5, 5.41) is 12.9. The van der Waals surface area contributed by atoms with Gasteiger partial charge in [-0.3, -0.25) is 9.59 Å². The van der Waals surface area contributed by atoms with Crippen LogP contribution in [0.5, 0.6) is 0 Å². The van der Waals surface area contributed by atoms with Crippen LogP contribution in [0.4, 0.5) is 0 Å². The molecule has 2 heterocycles. The van der Waals surface area contributed by atoms with Crippen molar-refractivity contribution >= 4 is 63.7 Å². The lowest BCUT2D eigenvalue weighted by atomic mass is 10.4. The molecule has 0 aromatic heterocycles. The third kappa shape index (κ3) is 2.62. The maximum atomic E-state index is 11.5. The minimum Gasteiger partial charge on any atom is -0.481 e. The largest absolute Gasteiger partial charge is 0.481 e. The third-order valence-corrected chi connectivity index (χ3v) is 5.56. The molecule has 1 saturated heterocycles. The van der Waals surface area contributed by atoms with Gasteiger partial charge in [-0.1, -0.05) is 47.5 Å². The number of carbonyl (C=O) groups excluding carboxylic acids is 1. The van der Waals surface area contributed by atoms with Crippen LogP contribution >= 0.6 is 47.5 Å². The smallest absolute Gasteiger partial charge is 0.308 e. The summed E-state index contributed by atoms with van der Waals surface area (Å²) >= 11 is 8.79. The quantitative estimate of drug-likeness (QED) is 0.596. The van der Waals surface area contributed by atoms with Gasteiger partial charge in [-0.25, -0.2) is 0 Å². The zero-order chi connectivity index (χ0) is 11.7. The fourth-order valence-electron chi connectivity index (χ4n) is 1.06. The molecular weight excluding hydrogens is 286 g/mol. The fraction of sp³-hybridized carbons (Fsp3) is 0.125. The van der Waals surface area contributed by atoms with E-state index in [4.69, 9.17) is 17.3 Å². The Balaban J connectivity index is 2.10. The number of carboxylic acid groups (broad SMARTS) is 1. The number of rotatable bonds is 2. The van der Waals surface area contributed by atoms with E-state index in [2.05, 4.69) is 5.32 Å². The van der Waals surface area contributed by atoms with E-state index in [0.717, 1.165) is 9.14 Å². The first-order chi connectivity index (χ1) is 7.56. The molecule has 0 aromatic carbocycles. The van der Waals surface area contributed by atoms with E-state index in [1.165, 1.54) is 35.3 Å². The summed E-state index contributed by atoms with van der Waals surface area (Å²) in [4.78, 5) is 23.3. The van der Waals surface area contributed by atoms with E-state index in [9.17, 15) is 9.59 Å². The SMILES string of the molecule is O=C(O)CC1=CS/C(=C2\SC(=S)NC2=O)S1. The normalized spacial score (nSPS) is 24.6. The van der Waals surface area contributed by atoms with E-state index in [1.807, 2.05) is 0 Å². The van der Waals surface area contributed by atoms with Crippen LogP contribution in [0.25, 0.3) is 0 Å². The standard InChI is InChI=1S/C8H5NO3S4/c10-4(11)1-3-2-14-7(15-3)5-6(12)9-8(13)16-5/h2H,1H2,(H,10,11)(H,9,12,13)/b7-5+. The number of thioether (sulfide) groups is 3. The van der Waals surface area contributed by atoms with Crippen molar-refractivity contribution in [3.05, 3.63) is 19.5 Å². The second kappa shape index (κ2) is 4.82. The van der Waals surface area contributed by atoms with Gasteiger partial charge in [0.15, 0.2) is 0 Å².